The van der Waals surface area contributed by atoms with Crippen LogP contribution in [0.15, 0.2) is 54.6 Å². The van der Waals surface area contributed by atoms with Gasteiger partial charge in [0.25, 0.3) is 5.91 Å². The van der Waals surface area contributed by atoms with E-state index in [0.717, 1.165) is 44.3 Å². The summed E-state index contributed by atoms with van der Waals surface area (Å²) in [6.45, 7) is 2.30. The number of hydrazine groups is 1. The van der Waals surface area contributed by atoms with Gasteiger partial charge < -0.3 is 5.11 Å². The first kappa shape index (κ1) is 22.5. The van der Waals surface area contributed by atoms with E-state index in [1.165, 1.54) is 6.42 Å². The molecule has 0 aromatic heterocycles. The number of carbonyl (C=O) groups is 2. The van der Waals surface area contributed by atoms with Crippen LogP contribution in [0.25, 0.3) is 0 Å². The largest absolute Gasteiger partial charge is 0.478 e. The molecule has 1 aliphatic heterocycles. The fourth-order valence-corrected chi connectivity index (χ4v) is 4.45. The summed E-state index contributed by atoms with van der Waals surface area (Å²) in [5.74, 6) is -0.906. The molecule has 1 saturated heterocycles. The molecular weight excluding hydrogens is 444 g/mol. The van der Waals surface area contributed by atoms with Gasteiger partial charge in [-0.05, 0) is 61.9 Å². The smallest absolute Gasteiger partial charge is 0.335 e. The van der Waals surface area contributed by atoms with Crippen molar-refractivity contribution in [3.05, 3.63) is 71.3 Å². The maximum Gasteiger partial charge on any atom is 0.335 e. The summed E-state index contributed by atoms with van der Waals surface area (Å²) in [5.41, 5.74) is 1.99. The molecule has 160 valence electrons. The van der Waals surface area contributed by atoms with Crippen molar-refractivity contribution in [2.45, 2.75) is 43.4 Å². The average Bonchev–Trinajstić information content (AvgIpc) is 2.87. The van der Waals surface area contributed by atoms with E-state index in [0.29, 0.717) is 23.4 Å². The minimum absolute atomic E-state index is 0.0207. The van der Waals surface area contributed by atoms with E-state index in [1.807, 2.05) is 47.5 Å². The Bertz CT molecular complexity index is 826. The molecule has 0 bridgehead atoms. The molecule has 30 heavy (non-hydrogen) atoms. The van der Waals surface area contributed by atoms with Crippen LogP contribution in [0, 0.1) is 0 Å². The van der Waals surface area contributed by atoms with Crippen LogP contribution in [-0.2, 0) is 6.42 Å². The van der Waals surface area contributed by atoms with Crippen molar-refractivity contribution < 1.29 is 14.7 Å². The fourth-order valence-electron chi connectivity index (χ4n) is 3.80. The van der Waals surface area contributed by atoms with Crippen LogP contribution in [0.1, 0.15) is 58.4 Å². The molecule has 1 N–H and O–H groups in total. The van der Waals surface area contributed by atoms with Gasteiger partial charge in [0, 0.05) is 30.0 Å². The Morgan fingerprint density at radius 2 is 1.60 bits per heavy atom. The Morgan fingerprint density at radius 1 is 0.933 bits per heavy atom. The number of benzene rings is 2. The highest BCUT2D eigenvalue weighted by atomic mass is 79.9. The molecule has 0 aliphatic carbocycles. The molecule has 0 spiro atoms. The lowest BCUT2D eigenvalue weighted by atomic mass is 10.1. The van der Waals surface area contributed by atoms with Crippen LogP contribution >= 0.6 is 15.9 Å². The fraction of sp³-hybridized carbons (Fsp3) is 0.417. The number of alkyl halides is 1. The average molecular weight is 473 g/mol. The second-order valence-electron chi connectivity index (χ2n) is 7.74. The Hall–Kier alpha value is -2.18. The highest BCUT2D eigenvalue weighted by Crippen LogP contribution is 2.20. The van der Waals surface area contributed by atoms with Crippen molar-refractivity contribution in [1.29, 1.82) is 0 Å². The van der Waals surface area contributed by atoms with Crippen molar-refractivity contribution in [3.8, 4) is 0 Å². The zero-order valence-electron chi connectivity index (χ0n) is 17.2. The summed E-state index contributed by atoms with van der Waals surface area (Å²) in [6, 6.07) is 16.3. The highest BCUT2D eigenvalue weighted by Gasteiger charge is 2.23. The number of amides is 1. The molecule has 1 amide bonds. The molecule has 2 aromatic rings. The predicted octanol–water partition coefficient (Wildman–Crippen LogP) is 5.01. The molecule has 1 fully saturated rings. The van der Waals surface area contributed by atoms with Gasteiger partial charge in [0.15, 0.2) is 0 Å². The summed E-state index contributed by atoms with van der Waals surface area (Å²) >= 11 is 3.77. The first-order valence-electron chi connectivity index (χ1n) is 10.6. The number of carboxylic acid groups (broad SMARTS) is 1. The van der Waals surface area contributed by atoms with Gasteiger partial charge in [-0.3, -0.25) is 9.80 Å². The van der Waals surface area contributed by atoms with Crippen molar-refractivity contribution in [3.63, 3.8) is 0 Å². The highest BCUT2D eigenvalue weighted by molar-refractivity contribution is 9.09. The Kier molecular flexibility index (Phi) is 8.46. The summed E-state index contributed by atoms with van der Waals surface area (Å²) < 4.78 is 0. The van der Waals surface area contributed by atoms with Gasteiger partial charge in [0.1, 0.15) is 0 Å². The molecule has 5 nitrogen and oxygen atoms in total. The van der Waals surface area contributed by atoms with E-state index in [4.69, 9.17) is 5.11 Å². The van der Waals surface area contributed by atoms with Gasteiger partial charge >= 0.3 is 5.97 Å². The van der Waals surface area contributed by atoms with Crippen molar-refractivity contribution >= 4 is 27.8 Å². The lowest BCUT2D eigenvalue weighted by molar-refractivity contribution is -0.0111. The second kappa shape index (κ2) is 11.3. The monoisotopic (exact) mass is 472 g/mol. The molecule has 0 radical (unpaired) electrons. The molecule has 1 unspecified atom stereocenters. The molecule has 1 atom stereocenters. The van der Waals surface area contributed by atoms with Gasteiger partial charge in [-0.1, -0.05) is 52.7 Å². The van der Waals surface area contributed by atoms with Gasteiger partial charge in [0.2, 0.25) is 0 Å². The molecule has 0 saturated carbocycles. The van der Waals surface area contributed by atoms with Crippen LogP contribution in [0.4, 0.5) is 0 Å². The molecule has 1 heterocycles. The molecular formula is C24H29BrN2O3. The summed E-state index contributed by atoms with van der Waals surface area (Å²) in [7, 11) is 0. The van der Waals surface area contributed by atoms with E-state index >= 15 is 0 Å². The standard InChI is InChI=1S/C24H29BrN2O3/c25-22-9-4-5-16-26(17-6-10-22)27(23(28)20-7-2-1-3-8-20)18-15-19-11-13-21(14-12-19)24(29)30/h1-3,7-8,11-14,22H,4-6,9-10,15-18H2,(H,29,30). The lowest BCUT2D eigenvalue weighted by Gasteiger charge is -2.35. The minimum atomic E-state index is -0.927. The number of rotatable bonds is 6. The minimum Gasteiger partial charge on any atom is -0.478 e. The first-order valence-corrected chi connectivity index (χ1v) is 11.5. The molecule has 1 aliphatic rings. The zero-order chi connectivity index (χ0) is 21.3. The van der Waals surface area contributed by atoms with Gasteiger partial charge in [-0.25, -0.2) is 9.80 Å². The molecule has 2 aromatic carbocycles. The van der Waals surface area contributed by atoms with Crippen LogP contribution in [0.3, 0.4) is 0 Å². The van der Waals surface area contributed by atoms with E-state index < -0.39 is 5.97 Å². The maximum atomic E-state index is 13.4. The Labute approximate surface area is 186 Å². The van der Waals surface area contributed by atoms with E-state index in [9.17, 15) is 9.59 Å². The number of nitrogens with zero attached hydrogens (tertiary/aromatic N) is 2. The topological polar surface area (TPSA) is 60.9 Å². The van der Waals surface area contributed by atoms with Crippen LogP contribution < -0.4 is 0 Å². The summed E-state index contributed by atoms with van der Waals surface area (Å²) in [5, 5.41) is 13.2. The van der Waals surface area contributed by atoms with Crippen LogP contribution in [-0.4, -0.2) is 51.5 Å². The van der Waals surface area contributed by atoms with E-state index in [2.05, 4.69) is 20.9 Å². The third-order valence-corrected chi connectivity index (χ3v) is 6.44. The lowest BCUT2D eigenvalue weighted by Crippen LogP contribution is -2.48. The number of halogens is 1. The number of carboxylic acids is 1. The van der Waals surface area contributed by atoms with Gasteiger partial charge in [-0.2, -0.15) is 0 Å². The van der Waals surface area contributed by atoms with Crippen molar-refractivity contribution in [2.75, 3.05) is 19.6 Å². The van der Waals surface area contributed by atoms with E-state index in [1.54, 1.807) is 12.1 Å². The maximum absolute atomic E-state index is 13.4. The number of carbonyl (C=O) groups excluding carboxylic acids is 1. The Morgan fingerprint density at radius 3 is 2.30 bits per heavy atom. The SMILES string of the molecule is O=C(O)c1ccc(CCN(C(=O)c2ccccc2)N2CCCCC(Br)CCC2)cc1. The number of hydrogen-bond acceptors (Lipinski definition) is 3. The van der Waals surface area contributed by atoms with Crippen molar-refractivity contribution in [1.82, 2.24) is 10.0 Å². The van der Waals surface area contributed by atoms with Gasteiger partial charge in [-0.15, -0.1) is 0 Å². The normalized spacial score (nSPS) is 18.1. The van der Waals surface area contributed by atoms with Crippen LogP contribution in [0.5, 0.6) is 0 Å². The molecule has 6 heteroatoms. The van der Waals surface area contributed by atoms with Crippen LogP contribution in [0.2, 0.25) is 0 Å². The molecule has 3 rings (SSSR count). The second-order valence-corrected chi connectivity index (χ2v) is 9.03. The zero-order valence-corrected chi connectivity index (χ0v) is 18.8. The first-order chi connectivity index (χ1) is 14.5. The number of hydrogen-bond donors (Lipinski definition) is 1. The third kappa shape index (κ3) is 6.41. The quantitative estimate of drug-likeness (QED) is 0.599. The third-order valence-electron chi connectivity index (χ3n) is 5.53. The van der Waals surface area contributed by atoms with E-state index in [-0.39, 0.29) is 11.5 Å². The Balaban J connectivity index is 1.76. The van der Waals surface area contributed by atoms with Crippen molar-refractivity contribution in [2.24, 2.45) is 0 Å². The summed E-state index contributed by atoms with van der Waals surface area (Å²) in [4.78, 5) is 25.0. The number of aromatic carboxylic acids is 1. The van der Waals surface area contributed by atoms with Gasteiger partial charge in [0.05, 0.1) is 5.56 Å². The summed E-state index contributed by atoms with van der Waals surface area (Å²) in [6.07, 6.45) is 6.22. The predicted molar refractivity (Wildman–Crippen MR) is 122 cm³/mol.